The van der Waals surface area contributed by atoms with Crippen molar-refractivity contribution in [2.45, 2.75) is 18.3 Å². The first-order valence-corrected chi connectivity index (χ1v) is 5.13. The van der Waals surface area contributed by atoms with Gasteiger partial charge < -0.3 is 0 Å². The van der Waals surface area contributed by atoms with E-state index in [1.165, 1.54) is 11.8 Å². The Hall–Kier alpha value is -1.04. The van der Waals surface area contributed by atoms with Gasteiger partial charge in [-0.25, -0.2) is 9.97 Å². The second-order valence-corrected chi connectivity index (χ2v) is 3.72. The van der Waals surface area contributed by atoms with Crippen LogP contribution in [0.15, 0.2) is 29.6 Å². The minimum atomic E-state index is -4.24. The van der Waals surface area contributed by atoms with E-state index in [0.29, 0.717) is 5.16 Å². The van der Waals surface area contributed by atoms with Crippen LogP contribution in [0.2, 0.25) is 0 Å². The average Bonchev–Trinajstić information content (AvgIpc) is 2.11. The predicted molar refractivity (Wildman–Crippen MR) is 52.7 cm³/mol. The van der Waals surface area contributed by atoms with E-state index >= 15 is 0 Å². The van der Waals surface area contributed by atoms with E-state index in [0.717, 1.165) is 11.8 Å². The highest BCUT2D eigenvalue weighted by atomic mass is 32.2. The van der Waals surface area contributed by atoms with Gasteiger partial charge in [-0.3, -0.25) is 0 Å². The highest BCUT2D eigenvalue weighted by molar-refractivity contribution is 7.99. The van der Waals surface area contributed by atoms with Gasteiger partial charge >= 0.3 is 6.18 Å². The molecule has 0 aliphatic carbocycles. The molecule has 0 spiro atoms. The lowest BCUT2D eigenvalue weighted by Crippen LogP contribution is -2.00. The van der Waals surface area contributed by atoms with Crippen molar-refractivity contribution in [3.63, 3.8) is 0 Å². The smallest absolute Gasteiger partial charge is 0.231 e. The molecule has 1 aromatic heterocycles. The van der Waals surface area contributed by atoms with Crippen molar-refractivity contribution in [2.24, 2.45) is 0 Å². The van der Waals surface area contributed by atoms with Crippen molar-refractivity contribution in [1.29, 1.82) is 0 Å². The van der Waals surface area contributed by atoms with Crippen LogP contribution < -0.4 is 0 Å². The van der Waals surface area contributed by atoms with Crippen LogP contribution in [0.3, 0.4) is 0 Å². The number of thioether (sulfide) groups is 1. The molecule has 1 heterocycles. The van der Waals surface area contributed by atoms with Gasteiger partial charge in [0.25, 0.3) is 0 Å². The molecule has 0 amide bonds. The monoisotopic (exact) mass is 234 g/mol. The standard InChI is InChI=1S/C9H9F3N2S/c1-7-3-5-13-8(14-7)15-6-2-4-9(10,11)12/h2-5H,6H2,1H3. The molecule has 2 nitrogen and oxygen atoms in total. The van der Waals surface area contributed by atoms with Crippen LogP contribution in [0.1, 0.15) is 5.69 Å². The fraction of sp³-hybridized carbons (Fsp3) is 0.333. The number of alkyl halides is 3. The third kappa shape index (κ3) is 5.41. The van der Waals surface area contributed by atoms with Crippen molar-refractivity contribution >= 4 is 11.8 Å². The molecule has 6 heteroatoms. The minimum absolute atomic E-state index is 0.211. The number of nitrogens with zero attached hydrogens (tertiary/aromatic N) is 2. The van der Waals surface area contributed by atoms with Gasteiger partial charge in [0.1, 0.15) is 0 Å². The molecule has 0 aliphatic heterocycles. The fourth-order valence-electron chi connectivity index (χ4n) is 0.800. The molecule has 1 rings (SSSR count). The first-order valence-electron chi connectivity index (χ1n) is 4.14. The van der Waals surface area contributed by atoms with Crippen LogP contribution in [0.4, 0.5) is 13.2 Å². The molecule has 0 bridgehead atoms. The molecule has 0 saturated heterocycles. The second kappa shape index (κ2) is 5.16. The molecular weight excluding hydrogens is 225 g/mol. The van der Waals surface area contributed by atoms with Gasteiger partial charge in [-0.2, -0.15) is 13.2 Å². The Morgan fingerprint density at radius 3 is 2.80 bits per heavy atom. The van der Waals surface area contributed by atoms with Crippen molar-refractivity contribution in [1.82, 2.24) is 9.97 Å². The Kier molecular flexibility index (Phi) is 4.14. The maximum absolute atomic E-state index is 11.7. The Balaban J connectivity index is 2.42. The van der Waals surface area contributed by atoms with Crippen molar-refractivity contribution in [3.8, 4) is 0 Å². The van der Waals surface area contributed by atoms with Gasteiger partial charge in [0.15, 0.2) is 5.16 Å². The molecule has 15 heavy (non-hydrogen) atoms. The van der Waals surface area contributed by atoms with E-state index in [2.05, 4.69) is 9.97 Å². The predicted octanol–water partition coefficient (Wildman–Crippen LogP) is 3.00. The molecule has 0 N–H and O–H groups in total. The molecule has 0 fully saturated rings. The van der Waals surface area contributed by atoms with Crippen molar-refractivity contribution in [3.05, 3.63) is 30.1 Å². The maximum atomic E-state index is 11.7. The van der Waals surface area contributed by atoms with Gasteiger partial charge in [-0.05, 0) is 13.0 Å². The van der Waals surface area contributed by atoms with E-state index in [4.69, 9.17) is 0 Å². The zero-order chi connectivity index (χ0) is 11.3. The molecular formula is C9H9F3N2S. The Morgan fingerprint density at radius 1 is 1.47 bits per heavy atom. The fourth-order valence-corrected chi connectivity index (χ4v) is 1.49. The molecule has 0 aliphatic rings. The first-order chi connectivity index (χ1) is 6.97. The number of halogens is 3. The second-order valence-electron chi connectivity index (χ2n) is 2.74. The SMILES string of the molecule is Cc1ccnc(SCC=CC(F)(F)F)n1. The number of aromatic nitrogens is 2. The molecule has 0 radical (unpaired) electrons. The summed E-state index contributed by atoms with van der Waals surface area (Å²) in [6.07, 6.45) is -1.39. The van der Waals surface area contributed by atoms with E-state index in [-0.39, 0.29) is 11.8 Å². The lowest BCUT2D eigenvalue weighted by molar-refractivity contribution is -0.0799. The van der Waals surface area contributed by atoms with E-state index < -0.39 is 6.18 Å². The Bertz CT molecular complexity index is 349. The number of aryl methyl sites for hydroxylation is 1. The molecule has 0 unspecified atom stereocenters. The maximum Gasteiger partial charge on any atom is 0.409 e. The number of hydrogen-bond acceptors (Lipinski definition) is 3. The summed E-state index contributed by atoms with van der Waals surface area (Å²) in [5.41, 5.74) is 0.798. The summed E-state index contributed by atoms with van der Waals surface area (Å²) in [5.74, 6) is 0.211. The summed E-state index contributed by atoms with van der Waals surface area (Å²) >= 11 is 1.17. The first kappa shape index (κ1) is 12.0. The number of rotatable bonds is 3. The van der Waals surface area contributed by atoms with Crippen LogP contribution >= 0.6 is 11.8 Å². The average molecular weight is 234 g/mol. The number of allylic oxidation sites excluding steroid dienone is 1. The van der Waals surface area contributed by atoms with Gasteiger partial charge in [0, 0.05) is 23.7 Å². The van der Waals surface area contributed by atoms with E-state index in [9.17, 15) is 13.2 Å². The molecule has 0 saturated carbocycles. The van der Waals surface area contributed by atoms with Crippen LogP contribution in [-0.2, 0) is 0 Å². The lowest BCUT2D eigenvalue weighted by atomic mass is 10.5. The third-order valence-electron chi connectivity index (χ3n) is 1.39. The Labute approximate surface area is 89.6 Å². The summed E-state index contributed by atoms with van der Waals surface area (Å²) in [4.78, 5) is 7.95. The van der Waals surface area contributed by atoms with Gasteiger partial charge in [-0.15, -0.1) is 0 Å². The van der Waals surface area contributed by atoms with Crippen LogP contribution in [0, 0.1) is 6.92 Å². The third-order valence-corrected chi connectivity index (χ3v) is 2.20. The molecule has 82 valence electrons. The summed E-state index contributed by atoms with van der Waals surface area (Å²) < 4.78 is 35.2. The topological polar surface area (TPSA) is 25.8 Å². The van der Waals surface area contributed by atoms with Crippen LogP contribution in [0.5, 0.6) is 0 Å². The largest absolute Gasteiger partial charge is 0.409 e. The normalized spacial score (nSPS) is 12.3. The molecule has 0 atom stereocenters. The zero-order valence-corrected chi connectivity index (χ0v) is 8.77. The van der Waals surface area contributed by atoms with Gasteiger partial charge in [-0.1, -0.05) is 17.8 Å². The van der Waals surface area contributed by atoms with Crippen LogP contribution in [-0.4, -0.2) is 21.9 Å². The lowest BCUT2D eigenvalue weighted by Gasteiger charge is -1.98. The zero-order valence-electron chi connectivity index (χ0n) is 7.95. The van der Waals surface area contributed by atoms with Gasteiger partial charge in [0.2, 0.25) is 0 Å². The summed E-state index contributed by atoms with van der Waals surface area (Å²) in [6.45, 7) is 1.80. The highest BCUT2D eigenvalue weighted by Gasteiger charge is 2.21. The molecule has 1 aromatic rings. The quantitative estimate of drug-likeness (QED) is 0.457. The minimum Gasteiger partial charge on any atom is -0.231 e. The van der Waals surface area contributed by atoms with Crippen molar-refractivity contribution < 1.29 is 13.2 Å². The van der Waals surface area contributed by atoms with Crippen LogP contribution in [0.25, 0.3) is 0 Å². The molecule has 0 aromatic carbocycles. The highest BCUT2D eigenvalue weighted by Crippen LogP contribution is 2.18. The summed E-state index contributed by atoms with van der Waals surface area (Å²) in [6, 6.07) is 1.73. The summed E-state index contributed by atoms with van der Waals surface area (Å²) in [7, 11) is 0. The van der Waals surface area contributed by atoms with E-state index in [1.807, 2.05) is 0 Å². The Morgan fingerprint density at radius 2 is 2.20 bits per heavy atom. The van der Waals surface area contributed by atoms with Gasteiger partial charge in [0.05, 0.1) is 0 Å². The van der Waals surface area contributed by atoms with Crippen molar-refractivity contribution in [2.75, 3.05) is 5.75 Å². The number of hydrogen-bond donors (Lipinski definition) is 0. The van der Waals surface area contributed by atoms with E-state index in [1.54, 1.807) is 19.2 Å². The summed E-state index contributed by atoms with van der Waals surface area (Å²) in [5, 5.41) is 0.488.